The van der Waals surface area contributed by atoms with E-state index in [1.165, 1.54) is 0 Å². The molecule has 5 heteroatoms. The van der Waals surface area contributed by atoms with Gasteiger partial charge in [-0.2, -0.15) is 5.10 Å². The second-order valence-electron chi connectivity index (χ2n) is 3.41. The highest BCUT2D eigenvalue weighted by molar-refractivity contribution is 9.10. The third kappa shape index (κ3) is 3.06. The molecule has 1 N–H and O–H groups in total. The molecule has 84 valence electrons. The van der Waals surface area contributed by atoms with E-state index in [9.17, 15) is 4.79 Å². The van der Waals surface area contributed by atoms with Crippen molar-refractivity contribution >= 4 is 21.8 Å². The SMILES string of the molecule is CCNC(=O)CCn1nc(C)c(Br)c1C. The van der Waals surface area contributed by atoms with E-state index >= 15 is 0 Å². The van der Waals surface area contributed by atoms with Crippen LogP contribution in [-0.2, 0) is 11.3 Å². The summed E-state index contributed by atoms with van der Waals surface area (Å²) >= 11 is 3.45. The molecular formula is C10H16BrN3O. The smallest absolute Gasteiger partial charge is 0.221 e. The highest BCUT2D eigenvalue weighted by Crippen LogP contribution is 2.19. The lowest BCUT2D eigenvalue weighted by Gasteiger charge is -2.04. The number of hydrogen-bond acceptors (Lipinski definition) is 2. The van der Waals surface area contributed by atoms with Gasteiger partial charge in [0.05, 0.1) is 16.7 Å². The van der Waals surface area contributed by atoms with E-state index in [1.807, 2.05) is 25.5 Å². The first-order chi connectivity index (χ1) is 7.06. The molecule has 1 aromatic heterocycles. The lowest BCUT2D eigenvalue weighted by molar-refractivity contribution is -0.121. The van der Waals surface area contributed by atoms with Crippen LogP contribution in [0.3, 0.4) is 0 Å². The van der Waals surface area contributed by atoms with Gasteiger partial charge in [-0.1, -0.05) is 0 Å². The number of carbonyl (C=O) groups is 1. The normalized spacial score (nSPS) is 10.4. The Morgan fingerprint density at radius 1 is 1.53 bits per heavy atom. The molecule has 0 spiro atoms. The van der Waals surface area contributed by atoms with Crippen molar-refractivity contribution in [2.24, 2.45) is 0 Å². The monoisotopic (exact) mass is 273 g/mol. The standard InChI is InChI=1S/C10H16BrN3O/c1-4-12-9(15)5-6-14-8(3)10(11)7(2)13-14/h4-6H2,1-3H3,(H,12,15). The van der Waals surface area contributed by atoms with E-state index in [0.717, 1.165) is 15.9 Å². The first-order valence-corrected chi connectivity index (χ1v) is 5.81. The summed E-state index contributed by atoms with van der Waals surface area (Å²) in [4.78, 5) is 11.3. The van der Waals surface area contributed by atoms with Crippen LogP contribution in [0.25, 0.3) is 0 Å². The second-order valence-corrected chi connectivity index (χ2v) is 4.20. The van der Waals surface area contributed by atoms with Crippen molar-refractivity contribution in [3.05, 3.63) is 15.9 Å². The number of nitrogens with one attached hydrogen (secondary N) is 1. The van der Waals surface area contributed by atoms with Crippen molar-refractivity contribution in [1.82, 2.24) is 15.1 Å². The average Bonchev–Trinajstić information content (AvgIpc) is 2.43. The van der Waals surface area contributed by atoms with E-state index in [-0.39, 0.29) is 5.91 Å². The molecular weight excluding hydrogens is 258 g/mol. The Labute approximate surface area is 98.2 Å². The van der Waals surface area contributed by atoms with Gasteiger partial charge in [-0.15, -0.1) is 0 Å². The average molecular weight is 274 g/mol. The Bertz CT molecular complexity index is 360. The molecule has 0 atom stereocenters. The van der Waals surface area contributed by atoms with Gasteiger partial charge in [-0.05, 0) is 36.7 Å². The van der Waals surface area contributed by atoms with E-state index in [4.69, 9.17) is 0 Å². The molecule has 0 aliphatic heterocycles. The molecule has 0 aromatic carbocycles. The maximum atomic E-state index is 11.3. The van der Waals surface area contributed by atoms with Crippen LogP contribution in [0.2, 0.25) is 0 Å². The minimum atomic E-state index is 0.0705. The van der Waals surface area contributed by atoms with Gasteiger partial charge < -0.3 is 5.32 Å². The highest BCUT2D eigenvalue weighted by Gasteiger charge is 2.09. The zero-order valence-corrected chi connectivity index (χ0v) is 10.9. The van der Waals surface area contributed by atoms with Crippen molar-refractivity contribution < 1.29 is 4.79 Å². The third-order valence-electron chi connectivity index (χ3n) is 2.22. The van der Waals surface area contributed by atoms with Crippen molar-refractivity contribution in [1.29, 1.82) is 0 Å². The van der Waals surface area contributed by atoms with Crippen LogP contribution >= 0.6 is 15.9 Å². The number of aryl methyl sites for hydroxylation is 2. The number of halogens is 1. The van der Waals surface area contributed by atoms with E-state index in [1.54, 1.807) is 0 Å². The molecule has 4 nitrogen and oxygen atoms in total. The van der Waals surface area contributed by atoms with Crippen molar-refractivity contribution in [2.45, 2.75) is 33.7 Å². The molecule has 0 aliphatic rings. The summed E-state index contributed by atoms with van der Waals surface area (Å²) < 4.78 is 2.88. The van der Waals surface area contributed by atoms with Crippen molar-refractivity contribution in [3.8, 4) is 0 Å². The summed E-state index contributed by atoms with van der Waals surface area (Å²) in [6, 6.07) is 0. The summed E-state index contributed by atoms with van der Waals surface area (Å²) in [5.74, 6) is 0.0705. The van der Waals surface area contributed by atoms with Crippen LogP contribution in [0.15, 0.2) is 4.47 Å². The molecule has 0 bridgehead atoms. The number of rotatable bonds is 4. The molecule has 1 heterocycles. The Balaban J connectivity index is 2.58. The highest BCUT2D eigenvalue weighted by atomic mass is 79.9. The minimum Gasteiger partial charge on any atom is -0.356 e. The van der Waals surface area contributed by atoms with Gasteiger partial charge in [0.1, 0.15) is 0 Å². The van der Waals surface area contributed by atoms with Gasteiger partial charge in [0.15, 0.2) is 0 Å². The van der Waals surface area contributed by atoms with Crippen LogP contribution in [0.5, 0.6) is 0 Å². The summed E-state index contributed by atoms with van der Waals surface area (Å²) in [6.07, 6.45) is 0.474. The van der Waals surface area contributed by atoms with E-state index < -0.39 is 0 Å². The number of aromatic nitrogens is 2. The molecule has 1 amide bonds. The summed E-state index contributed by atoms with van der Waals surface area (Å²) in [5, 5.41) is 7.10. The Hall–Kier alpha value is -0.840. The van der Waals surface area contributed by atoms with E-state index in [0.29, 0.717) is 19.5 Å². The fourth-order valence-electron chi connectivity index (χ4n) is 1.39. The largest absolute Gasteiger partial charge is 0.356 e. The molecule has 1 rings (SSSR count). The van der Waals surface area contributed by atoms with Crippen LogP contribution in [0.1, 0.15) is 24.7 Å². The first kappa shape index (κ1) is 12.2. The van der Waals surface area contributed by atoms with Crippen molar-refractivity contribution in [3.63, 3.8) is 0 Å². The molecule has 0 fully saturated rings. The maximum Gasteiger partial charge on any atom is 0.221 e. The van der Waals surface area contributed by atoms with Crippen molar-refractivity contribution in [2.75, 3.05) is 6.54 Å². The lowest BCUT2D eigenvalue weighted by Crippen LogP contribution is -2.24. The Kier molecular flexibility index (Phi) is 4.32. The molecule has 0 radical (unpaired) electrons. The fourth-order valence-corrected chi connectivity index (χ4v) is 1.67. The van der Waals surface area contributed by atoms with Gasteiger partial charge in [0.2, 0.25) is 5.91 Å². The van der Waals surface area contributed by atoms with Gasteiger partial charge in [-0.3, -0.25) is 9.48 Å². The molecule has 0 saturated carbocycles. The summed E-state index contributed by atoms with van der Waals surface area (Å²) in [7, 11) is 0. The molecule has 15 heavy (non-hydrogen) atoms. The molecule has 0 unspecified atom stereocenters. The van der Waals surface area contributed by atoms with Gasteiger partial charge >= 0.3 is 0 Å². The number of nitrogens with zero attached hydrogens (tertiary/aromatic N) is 2. The number of hydrogen-bond donors (Lipinski definition) is 1. The van der Waals surface area contributed by atoms with Crippen LogP contribution in [0.4, 0.5) is 0 Å². The van der Waals surface area contributed by atoms with Gasteiger partial charge in [0.25, 0.3) is 0 Å². The molecule has 1 aromatic rings. The van der Waals surface area contributed by atoms with Gasteiger partial charge in [-0.25, -0.2) is 0 Å². The number of amides is 1. The third-order valence-corrected chi connectivity index (χ3v) is 3.37. The fraction of sp³-hybridized carbons (Fsp3) is 0.600. The first-order valence-electron chi connectivity index (χ1n) is 5.02. The minimum absolute atomic E-state index is 0.0705. The Morgan fingerprint density at radius 3 is 2.67 bits per heavy atom. The predicted molar refractivity (Wildman–Crippen MR) is 62.7 cm³/mol. The second kappa shape index (κ2) is 5.30. The quantitative estimate of drug-likeness (QED) is 0.909. The number of carbonyl (C=O) groups excluding carboxylic acids is 1. The van der Waals surface area contributed by atoms with Gasteiger partial charge in [0, 0.05) is 18.7 Å². The van der Waals surface area contributed by atoms with Crippen LogP contribution < -0.4 is 5.32 Å². The predicted octanol–water partition coefficient (Wildman–Crippen LogP) is 1.79. The van der Waals surface area contributed by atoms with Crippen LogP contribution in [0, 0.1) is 13.8 Å². The topological polar surface area (TPSA) is 46.9 Å². The summed E-state index contributed by atoms with van der Waals surface area (Å²) in [5.41, 5.74) is 2.03. The summed E-state index contributed by atoms with van der Waals surface area (Å²) in [6.45, 7) is 7.16. The molecule has 0 saturated heterocycles. The Morgan fingerprint density at radius 2 is 2.20 bits per heavy atom. The maximum absolute atomic E-state index is 11.3. The zero-order valence-electron chi connectivity index (χ0n) is 9.30. The van der Waals surface area contributed by atoms with Crippen LogP contribution in [-0.4, -0.2) is 22.2 Å². The lowest BCUT2D eigenvalue weighted by atomic mass is 10.3. The molecule has 0 aliphatic carbocycles. The van der Waals surface area contributed by atoms with E-state index in [2.05, 4.69) is 26.3 Å². The zero-order chi connectivity index (χ0) is 11.4.